The van der Waals surface area contributed by atoms with Crippen molar-refractivity contribution in [3.63, 3.8) is 0 Å². The Hall–Kier alpha value is -2.62. The first-order chi connectivity index (χ1) is 11.5. The number of fused-ring (bicyclic) bond motifs is 2. The Bertz CT molecular complexity index is 865. The molecule has 1 aromatic carbocycles. The second kappa shape index (κ2) is 4.47. The van der Waals surface area contributed by atoms with Gasteiger partial charge >= 0.3 is 0 Å². The Kier molecular flexibility index (Phi) is 2.78. The number of nitro groups is 1. The number of benzene rings is 1. The zero-order valence-corrected chi connectivity index (χ0v) is 13.1. The number of aliphatic imine (C=N–C) groups is 1. The highest BCUT2D eigenvalue weighted by Gasteiger charge is 2.93. The van der Waals surface area contributed by atoms with E-state index in [-0.39, 0.29) is 11.5 Å². The van der Waals surface area contributed by atoms with Crippen LogP contribution >= 0.6 is 11.8 Å². The van der Waals surface area contributed by atoms with Gasteiger partial charge in [0.2, 0.25) is 5.06 Å². The maximum absolute atomic E-state index is 10.8. The van der Waals surface area contributed by atoms with Crippen LogP contribution in [-0.4, -0.2) is 28.2 Å². The molecular formula is C15H11N5O3S. The fourth-order valence-corrected chi connectivity index (χ4v) is 5.33. The second-order valence-electron chi connectivity index (χ2n) is 5.90. The van der Waals surface area contributed by atoms with Crippen LogP contribution in [0.25, 0.3) is 0 Å². The van der Waals surface area contributed by atoms with E-state index in [1.54, 1.807) is 12.1 Å². The molecule has 0 radical (unpaired) electrons. The minimum Gasteiger partial charge on any atom is -0.386 e. The van der Waals surface area contributed by atoms with Crippen molar-refractivity contribution in [1.82, 2.24) is 0 Å². The number of non-ortho nitro benzene ring substituents is 1. The standard InChI is InChI=1S/C15H11N5O3S/c16-7-13-11(9-1-3-10(4-2-9)20(21)22)14(13,8-17)15(19-12(13)18)23-5-6-24-15/h1-4,11H,5-6H2,(H2,18,19)/t11-,13-,14-,15-/m1/s1. The monoisotopic (exact) mass is 341 g/mol. The molecular weight excluding hydrogens is 330 g/mol. The highest BCUT2D eigenvalue weighted by molar-refractivity contribution is 8.00. The van der Waals surface area contributed by atoms with Gasteiger partial charge in [-0.25, -0.2) is 4.99 Å². The molecule has 24 heavy (non-hydrogen) atoms. The summed E-state index contributed by atoms with van der Waals surface area (Å²) in [6.45, 7) is 0.430. The van der Waals surface area contributed by atoms with Crippen LogP contribution in [-0.2, 0) is 4.74 Å². The molecule has 0 aromatic heterocycles. The minimum atomic E-state index is -1.25. The summed E-state index contributed by atoms with van der Waals surface area (Å²) < 4.78 is 5.77. The summed E-state index contributed by atoms with van der Waals surface area (Å²) in [5, 5.41) is 29.4. The quantitative estimate of drug-likeness (QED) is 0.635. The molecule has 0 bridgehead atoms. The Morgan fingerprint density at radius 3 is 2.58 bits per heavy atom. The van der Waals surface area contributed by atoms with Crippen LogP contribution in [0.15, 0.2) is 29.3 Å². The van der Waals surface area contributed by atoms with E-state index in [2.05, 4.69) is 17.1 Å². The SMILES string of the molecule is N#C[C@@]12[C@H](c3ccc([N+](=O)[O-])cc3)[C@]1(C#N)C(N)=N[C@@]21OCCS1. The van der Waals surface area contributed by atoms with Crippen molar-refractivity contribution in [3.05, 3.63) is 39.9 Å². The Morgan fingerprint density at radius 2 is 2.08 bits per heavy atom. The molecule has 1 saturated carbocycles. The van der Waals surface area contributed by atoms with Crippen molar-refractivity contribution >= 4 is 23.3 Å². The number of nitrogens with zero attached hydrogens (tertiary/aromatic N) is 4. The van der Waals surface area contributed by atoms with Crippen LogP contribution in [0.2, 0.25) is 0 Å². The summed E-state index contributed by atoms with van der Waals surface area (Å²) >= 11 is 1.38. The number of amidine groups is 1. The van der Waals surface area contributed by atoms with Gasteiger partial charge in [-0.15, -0.1) is 0 Å². The number of rotatable bonds is 2. The number of nitrogens with two attached hydrogens (primary N) is 1. The zero-order chi connectivity index (χ0) is 17.2. The molecule has 2 N–H and O–H groups in total. The van der Waals surface area contributed by atoms with Gasteiger partial charge in [-0.05, 0) is 5.56 Å². The third-order valence-electron chi connectivity index (χ3n) is 5.04. The van der Waals surface area contributed by atoms with E-state index < -0.39 is 26.7 Å². The van der Waals surface area contributed by atoms with Crippen molar-refractivity contribution in [2.75, 3.05) is 12.4 Å². The van der Waals surface area contributed by atoms with Gasteiger partial charge in [-0.2, -0.15) is 10.5 Å². The molecule has 9 heteroatoms. The molecule has 4 atom stereocenters. The van der Waals surface area contributed by atoms with Crippen molar-refractivity contribution < 1.29 is 9.66 Å². The first kappa shape index (κ1) is 14.9. The molecule has 0 unspecified atom stereocenters. The summed E-state index contributed by atoms with van der Waals surface area (Å²) in [7, 11) is 0. The lowest BCUT2D eigenvalue weighted by atomic mass is 9.95. The highest BCUT2D eigenvalue weighted by Crippen LogP contribution is 2.84. The van der Waals surface area contributed by atoms with Gasteiger partial charge in [-0.1, -0.05) is 23.9 Å². The van der Waals surface area contributed by atoms with E-state index in [4.69, 9.17) is 10.5 Å². The smallest absolute Gasteiger partial charge is 0.269 e. The average Bonchev–Trinajstić information content (AvgIpc) is 2.84. The van der Waals surface area contributed by atoms with Crippen molar-refractivity contribution in [2.45, 2.75) is 11.0 Å². The lowest BCUT2D eigenvalue weighted by molar-refractivity contribution is -0.384. The molecule has 1 aliphatic carbocycles. The van der Waals surface area contributed by atoms with E-state index in [1.807, 2.05) is 0 Å². The largest absolute Gasteiger partial charge is 0.386 e. The van der Waals surface area contributed by atoms with Crippen LogP contribution in [0, 0.1) is 43.6 Å². The topological polar surface area (TPSA) is 138 Å². The number of thioether (sulfide) groups is 1. The summed E-state index contributed by atoms with van der Waals surface area (Å²) in [6, 6.07) is 10.3. The molecule has 2 fully saturated rings. The number of nitro benzene ring substituents is 1. The second-order valence-corrected chi connectivity index (χ2v) is 7.15. The summed E-state index contributed by atoms with van der Waals surface area (Å²) in [5.41, 5.74) is 4.19. The van der Waals surface area contributed by atoms with Crippen LogP contribution in [0.5, 0.6) is 0 Å². The van der Waals surface area contributed by atoms with Crippen molar-refractivity contribution in [1.29, 1.82) is 10.5 Å². The third kappa shape index (κ3) is 1.36. The first-order valence-electron chi connectivity index (χ1n) is 7.19. The van der Waals surface area contributed by atoms with Crippen LogP contribution in [0.4, 0.5) is 5.69 Å². The number of hydrogen-bond acceptors (Lipinski definition) is 8. The normalized spacial score (nSPS) is 38.9. The molecule has 4 rings (SSSR count). The number of ether oxygens (including phenoxy) is 1. The minimum absolute atomic E-state index is 0.0515. The molecule has 3 aliphatic rings. The fraction of sp³-hybridized carbons (Fsp3) is 0.400. The van der Waals surface area contributed by atoms with E-state index in [0.29, 0.717) is 17.9 Å². The van der Waals surface area contributed by atoms with Gasteiger partial charge in [0.25, 0.3) is 5.69 Å². The van der Waals surface area contributed by atoms with E-state index in [1.165, 1.54) is 23.9 Å². The molecule has 120 valence electrons. The van der Waals surface area contributed by atoms with Gasteiger partial charge < -0.3 is 10.5 Å². The van der Waals surface area contributed by atoms with Crippen molar-refractivity contribution in [2.24, 2.45) is 21.6 Å². The summed E-state index contributed by atoms with van der Waals surface area (Å²) in [4.78, 5) is 14.7. The average molecular weight is 341 g/mol. The van der Waals surface area contributed by atoms with Gasteiger partial charge in [0.15, 0.2) is 5.41 Å². The Balaban J connectivity index is 1.86. The predicted octanol–water partition coefficient (Wildman–Crippen LogP) is 1.50. The first-order valence-corrected chi connectivity index (χ1v) is 8.18. The molecule has 1 spiro atoms. The molecule has 1 aromatic rings. The maximum atomic E-state index is 10.8. The lowest BCUT2D eigenvalue weighted by Crippen LogP contribution is -2.34. The molecule has 1 saturated heterocycles. The summed E-state index contributed by atoms with van der Waals surface area (Å²) in [5.74, 6) is 0.238. The van der Waals surface area contributed by atoms with Gasteiger partial charge in [0.05, 0.1) is 23.7 Å². The van der Waals surface area contributed by atoms with Crippen molar-refractivity contribution in [3.8, 4) is 12.1 Å². The zero-order valence-electron chi connectivity index (χ0n) is 12.3. The Morgan fingerprint density at radius 1 is 1.38 bits per heavy atom. The van der Waals surface area contributed by atoms with Crippen LogP contribution < -0.4 is 5.73 Å². The molecule has 2 aliphatic heterocycles. The fourth-order valence-electron chi connectivity index (χ4n) is 4.01. The maximum Gasteiger partial charge on any atom is 0.269 e. The van der Waals surface area contributed by atoms with E-state index >= 15 is 0 Å². The summed E-state index contributed by atoms with van der Waals surface area (Å²) in [6.07, 6.45) is 0. The molecule has 2 heterocycles. The van der Waals surface area contributed by atoms with Crippen LogP contribution in [0.3, 0.4) is 0 Å². The molecule has 0 amide bonds. The third-order valence-corrected chi connectivity index (χ3v) is 6.34. The predicted molar refractivity (Wildman–Crippen MR) is 84.7 cm³/mol. The highest BCUT2D eigenvalue weighted by atomic mass is 32.2. The van der Waals surface area contributed by atoms with Gasteiger partial charge in [0.1, 0.15) is 11.3 Å². The lowest BCUT2D eigenvalue weighted by Gasteiger charge is -2.26. The van der Waals surface area contributed by atoms with Crippen LogP contribution in [0.1, 0.15) is 11.5 Å². The van der Waals surface area contributed by atoms with Gasteiger partial charge in [0, 0.05) is 23.8 Å². The van der Waals surface area contributed by atoms with E-state index in [9.17, 15) is 20.6 Å². The Labute approximate surface area is 141 Å². The number of nitriles is 2. The molecule has 8 nitrogen and oxygen atoms in total. The number of hydrogen-bond donors (Lipinski definition) is 1. The van der Waals surface area contributed by atoms with E-state index in [0.717, 1.165) is 0 Å². The van der Waals surface area contributed by atoms with Gasteiger partial charge in [-0.3, -0.25) is 10.1 Å².